The van der Waals surface area contributed by atoms with Gasteiger partial charge in [0.25, 0.3) is 0 Å². The lowest BCUT2D eigenvalue weighted by atomic mass is 10.1. The number of benzene rings is 2. The standard InChI is InChI=1S/C16H19NO/c1-11-4-6-14(7-5-11)13(3)17-16-9-8-15(18)10-12(16)2/h4-10,13,17-18H,1-3H3. The van der Waals surface area contributed by atoms with Gasteiger partial charge < -0.3 is 10.4 Å². The zero-order chi connectivity index (χ0) is 13.1. The molecule has 0 saturated heterocycles. The van der Waals surface area contributed by atoms with Gasteiger partial charge in [0.1, 0.15) is 5.75 Å². The lowest BCUT2D eigenvalue weighted by Gasteiger charge is -2.17. The molecule has 2 nitrogen and oxygen atoms in total. The zero-order valence-electron chi connectivity index (χ0n) is 11.1. The van der Waals surface area contributed by atoms with E-state index in [-0.39, 0.29) is 6.04 Å². The predicted octanol–water partition coefficient (Wildman–Crippen LogP) is 4.18. The molecule has 0 heterocycles. The molecule has 0 amide bonds. The Morgan fingerprint density at radius 3 is 2.28 bits per heavy atom. The summed E-state index contributed by atoms with van der Waals surface area (Å²) in [7, 11) is 0. The van der Waals surface area contributed by atoms with Crippen molar-refractivity contribution < 1.29 is 5.11 Å². The molecule has 2 aromatic rings. The molecule has 0 spiro atoms. The summed E-state index contributed by atoms with van der Waals surface area (Å²) in [6, 6.07) is 14.2. The van der Waals surface area contributed by atoms with Crippen molar-refractivity contribution >= 4 is 5.69 Å². The van der Waals surface area contributed by atoms with Crippen LogP contribution >= 0.6 is 0 Å². The predicted molar refractivity (Wildman–Crippen MR) is 76.1 cm³/mol. The Morgan fingerprint density at radius 1 is 1.00 bits per heavy atom. The van der Waals surface area contributed by atoms with Crippen molar-refractivity contribution in [3.05, 3.63) is 59.2 Å². The van der Waals surface area contributed by atoms with Crippen LogP contribution in [0.2, 0.25) is 0 Å². The van der Waals surface area contributed by atoms with Crippen LogP contribution in [0.15, 0.2) is 42.5 Å². The van der Waals surface area contributed by atoms with E-state index in [1.54, 1.807) is 12.1 Å². The third kappa shape index (κ3) is 2.83. The van der Waals surface area contributed by atoms with Crippen molar-refractivity contribution in [2.75, 3.05) is 5.32 Å². The highest BCUT2D eigenvalue weighted by Crippen LogP contribution is 2.25. The van der Waals surface area contributed by atoms with Gasteiger partial charge in [-0.05, 0) is 50.1 Å². The first kappa shape index (κ1) is 12.5. The van der Waals surface area contributed by atoms with E-state index in [9.17, 15) is 5.11 Å². The topological polar surface area (TPSA) is 32.3 Å². The molecule has 1 atom stereocenters. The van der Waals surface area contributed by atoms with Gasteiger partial charge >= 0.3 is 0 Å². The maximum absolute atomic E-state index is 9.39. The second-order valence-corrected chi connectivity index (χ2v) is 4.78. The quantitative estimate of drug-likeness (QED) is 0.790. The van der Waals surface area contributed by atoms with E-state index >= 15 is 0 Å². The summed E-state index contributed by atoms with van der Waals surface area (Å²) < 4.78 is 0. The van der Waals surface area contributed by atoms with E-state index in [0.717, 1.165) is 11.3 Å². The summed E-state index contributed by atoms with van der Waals surface area (Å²) in [6.07, 6.45) is 0. The lowest BCUT2D eigenvalue weighted by Crippen LogP contribution is -2.07. The van der Waals surface area contributed by atoms with Crippen molar-refractivity contribution in [3.63, 3.8) is 0 Å². The van der Waals surface area contributed by atoms with E-state index in [1.165, 1.54) is 11.1 Å². The zero-order valence-corrected chi connectivity index (χ0v) is 11.1. The fourth-order valence-corrected chi connectivity index (χ4v) is 1.98. The molecule has 0 aliphatic heterocycles. The van der Waals surface area contributed by atoms with Crippen molar-refractivity contribution in [3.8, 4) is 5.75 Å². The normalized spacial score (nSPS) is 12.2. The Hall–Kier alpha value is -1.96. The van der Waals surface area contributed by atoms with E-state index in [0.29, 0.717) is 5.75 Å². The van der Waals surface area contributed by atoms with Crippen LogP contribution in [-0.4, -0.2) is 5.11 Å². The van der Waals surface area contributed by atoms with E-state index < -0.39 is 0 Å². The maximum atomic E-state index is 9.39. The van der Waals surface area contributed by atoms with Crippen LogP contribution in [0.4, 0.5) is 5.69 Å². The number of hydrogen-bond donors (Lipinski definition) is 2. The summed E-state index contributed by atoms with van der Waals surface area (Å²) in [5.74, 6) is 0.307. The van der Waals surface area contributed by atoms with Crippen LogP contribution in [0.25, 0.3) is 0 Å². The maximum Gasteiger partial charge on any atom is 0.115 e. The summed E-state index contributed by atoms with van der Waals surface area (Å²) in [6.45, 7) is 6.22. The van der Waals surface area contributed by atoms with E-state index in [2.05, 4.69) is 43.4 Å². The molecule has 1 unspecified atom stereocenters. The fraction of sp³-hybridized carbons (Fsp3) is 0.250. The van der Waals surface area contributed by atoms with E-state index in [4.69, 9.17) is 0 Å². The monoisotopic (exact) mass is 241 g/mol. The van der Waals surface area contributed by atoms with Gasteiger partial charge in [-0.2, -0.15) is 0 Å². The number of phenols is 1. The summed E-state index contributed by atoms with van der Waals surface area (Å²) in [5, 5.41) is 12.9. The van der Waals surface area contributed by atoms with Crippen molar-refractivity contribution in [2.24, 2.45) is 0 Å². The van der Waals surface area contributed by atoms with Gasteiger partial charge in [-0.25, -0.2) is 0 Å². The molecule has 0 aliphatic rings. The second-order valence-electron chi connectivity index (χ2n) is 4.78. The molecule has 2 N–H and O–H groups in total. The van der Waals surface area contributed by atoms with Crippen LogP contribution in [0.3, 0.4) is 0 Å². The summed E-state index contributed by atoms with van der Waals surface area (Å²) >= 11 is 0. The first-order valence-corrected chi connectivity index (χ1v) is 6.19. The third-order valence-electron chi connectivity index (χ3n) is 3.16. The van der Waals surface area contributed by atoms with E-state index in [1.807, 2.05) is 13.0 Å². The number of aryl methyl sites for hydroxylation is 2. The Balaban J connectivity index is 2.15. The van der Waals surface area contributed by atoms with Gasteiger partial charge in [-0.15, -0.1) is 0 Å². The van der Waals surface area contributed by atoms with Crippen molar-refractivity contribution in [1.29, 1.82) is 0 Å². The minimum atomic E-state index is 0.244. The van der Waals surface area contributed by atoms with Gasteiger partial charge in [0.15, 0.2) is 0 Å². The molecule has 18 heavy (non-hydrogen) atoms. The first-order valence-electron chi connectivity index (χ1n) is 6.19. The molecule has 2 aromatic carbocycles. The average molecular weight is 241 g/mol. The molecular formula is C16H19NO. The number of anilines is 1. The third-order valence-corrected chi connectivity index (χ3v) is 3.16. The summed E-state index contributed by atoms with van der Waals surface area (Å²) in [5.41, 5.74) is 4.63. The molecule has 0 aliphatic carbocycles. The van der Waals surface area contributed by atoms with Crippen LogP contribution in [0.5, 0.6) is 5.75 Å². The Kier molecular flexibility index (Phi) is 3.56. The molecule has 2 heteroatoms. The highest BCUT2D eigenvalue weighted by atomic mass is 16.3. The number of nitrogens with one attached hydrogen (secondary N) is 1. The molecule has 0 bridgehead atoms. The smallest absolute Gasteiger partial charge is 0.115 e. The largest absolute Gasteiger partial charge is 0.508 e. The number of aromatic hydroxyl groups is 1. The van der Waals surface area contributed by atoms with Crippen LogP contribution in [0.1, 0.15) is 29.7 Å². The highest BCUT2D eigenvalue weighted by Gasteiger charge is 2.06. The Labute approximate surface area is 108 Å². The Morgan fingerprint density at radius 2 is 1.67 bits per heavy atom. The van der Waals surface area contributed by atoms with Gasteiger partial charge in [0.2, 0.25) is 0 Å². The van der Waals surface area contributed by atoms with Crippen LogP contribution < -0.4 is 5.32 Å². The molecule has 0 aromatic heterocycles. The average Bonchev–Trinajstić information content (AvgIpc) is 2.33. The van der Waals surface area contributed by atoms with Gasteiger partial charge in [0.05, 0.1) is 0 Å². The summed E-state index contributed by atoms with van der Waals surface area (Å²) in [4.78, 5) is 0. The van der Waals surface area contributed by atoms with Gasteiger partial charge in [0, 0.05) is 11.7 Å². The van der Waals surface area contributed by atoms with Gasteiger partial charge in [-0.3, -0.25) is 0 Å². The minimum absolute atomic E-state index is 0.244. The minimum Gasteiger partial charge on any atom is -0.508 e. The molecule has 0 saturated carbocycles. The SMILES string of the molecule is Cc1ccc(C(C)Nc2ccc(O)cc2C)cc1. The lowest BCUT2D eigenvalue weighted by molar-refractivity contribution is 0.475. The highest BCUT2D eigenvalue weighted by molar-refractivity contribution is 5.54. The number of rotatable bonds is 3. The molecule has 0 radical (unpaired) electrons. The molecule has 0 fully saturated rings. The molecular weight excluding hydrogens is 222 g/mol. The molecule has 94 valence electrons. The number of hydrogen-bond acceptors (Lipinski definition) is 2. The first-order chi connectivity index (χ1) is 8.56. The van der Waals surface area contributed by atoms with Crippen molar-refractivity contribution in [1.82, 2.24) is 0 Å². The fourth-order valence-electron chi connectivity index (χ4n) is 1.98. The second kappa shape index (κ2) is 5.13. The van der Waals surface area contributed by atoms with Crippen LogP contribution in [-0.2, 0) is 0 Å². The Bertz CT molecular complexity index is 531. The van der Waals surface area contributed by atoms with Gasteiger partial charge in [-0.1, -0.05) is 29.8 Å². The van der Waals surface area contributed by atoms with Crippen LogP contribution in [0, 0.1) is 13.8 Å². The van der Waals surface area contributed by atoms with Crippen molar-refractivity contribution in [2.45, 2.75) is 26.8 Å². The number of phenolic OH excluding ortho intramolecular Hbond substituents is 1. The molecule has 2 rings (SSSR count).